The van der Waals surface area contributed by atoms with E-state index in [4.69, 9.17) is 8.85 Å². The Morgan fingerprint density at radius 2 is 0.714 bits per heavy atom. The van der Waals surface area contributed by atoms with E-state index in [9.17, 15) is 10.2 Å². The average Bonchev–Trinajstić information content (AvgIpc) is 2.98. The summed E-state index contributed by atoms with van der Waals surface area (Å²) in [5, 5.41) is 26.7. The zero-order chi connectivity index (χ0) is 30.5. The van der Waals surface area contributed by atoms with Crippen molar-refractivity contribution in [1.29, 1.82) is 0 Å². The number of aliphatic hydroxyl groups excluding tert-OH is 1. The lowest BCUT2D eigenvalue weighted by Crippen LogP contribution is -2.69. The highest BCUT2D eigenvalue weighted by Gasteiger charge is 2.53. The molecule has 0 bridgehead atoms. The Balaban J connectivity index is 1.75. The van der Waals surface area contributed by atoms with Gasteiger partial charge in [-0.3, -0.25) is 0 Å². The fourth-order valence-corrected chi connectivity index (χ4v) is 15.4. The summed E-state index contributed by atoms with van der Waals surface area (Å²) >= 11 is 0. The van der Waals surface area contributed by atoms with E-state index in [1.807, 2.05) is 72.8 Å². The van der Waals surface area contributed by atoms with Crippen molar-refractivity contribution in [3.8, 4) is 0 Å². The Bertz CT molecular complexity index is 1200. The molecule has 222 valence electrons. The Kier molecular flexibility index (Phi) is 9.77. The molecule has 4 nitrogen and oxygen atoms in total. The summed E-state index contributed by atoms with van der Waals surface area (Å²) < 4.78 is 14.1. The third-order valence-corrected chi connectivity index (χ3v) is 18.2. The van der Waals surface area contributed by atoms with Gasteiger partial charge in [-0.2, -0.15) is 0 Å². The summed E-state index contributed by atoms with van der Waals surface area (Å²) in [6, 6.07) is 41.4. The number of aliphatic hydroxyl groups is 2. The van der Waals surface area contributed by atoms with Crippen molar-refractivity contribution in [3.63, 3.8) is 0 Å². The molecule has 4 aromatic carbocycles. The van der Waals surface area contributed by atoms with Gasteiger partial charge in [0.25, 0.3) is 16.6 Å². The fraction of sp³-hybridized carbons (Fsp3) is 0.333. The molecule has 0 spiro atoms. The number of benzene rings is 4. The molecule has 0 aromatic heterocycles. The number of hydrogen-bond acceptors (Lipinski definition) is 4. The Hall–Kier alpha value is -2.85. The second-order valence-electron chi connectivity index (χ2n) is 13.3. The minimum Gasteiger partial charge on any atom is -0.404 e. The van der Waals surface area contributed by atoms with Gasteiger partial charge in [-0.15, -0.1) is 0 Å². The molecule has 0 heterocycles. The van der Waals surface area contributed by atoms with E-state index in [1.54, 1.807) is 0 Å². The van der Waals surface area contributed by atoms with Gasteiger partial charge in [-0.25, -0.2) is 0 Å². The Morgan fingerprint density at radius 1 is 0.476 bits per heavy atom. The SMILES string of the molecule is CC(C)(C)[Si](OCC(O)(CO)CO[Si](c1ccccc1)(c1ccccc1)C(C)(C)C)(c1ccccc1)c1ccccc1. The van der Waals surface area contributed by atoms with Gasteiger partial charge in [-0.1, -0.05) is 163 Å². The second-order valence-corrected chi connectivity index (χ2v) is 21.9. The predicted octanol–water partition coefficient (Wildman–Crippen LogP) is 4.86. The lowest BCUT2D eigenvalue weighted by molar-refractivity contribution is -0.0785. The van der Waals surface area contributed by atoms with E-state index in [1.165, 1.54) is 0 Å². The van der Waals surface area contributed by atoms with Gasteiger partial charge in [0.15, 0.2) is 0 Å². The Labute approximate surface area is 254 Å². The van der Waals surface area contributed by atoms with Crippen molar-refractivity contribution in [2.45, 2.75) is 57.2 Å². The maximum absolute atomic E-state index is 12.0. The highest BCUT2D eigenvalue weighted by molar-refractivity contribution is 7.00. The first-order valence-electron chi connectivity index (χ1n) is 14.7. The van der Waals surface area contributed by atoms with Crippen LogP contribution in [-0.4, -0.2) is 52.3 Å². The fourth-order valence-electron chi connectivity index (χ4n) is 6.14. The van der Waals surface area contributed by atoms with Gasteiger partial charge < -0.3 is 19.1 Å². The summed E-state index contributed by atoms with van der Waals surface area (Å²) in [4.78, 5) is 0. The largest absolute Gasteiger partial charge is 0.404 e. The third kappa shape index (κ3) is 6.25. The van der Waals surface area contributed by atoms with Crippen LogP contribution in [-0.2, 0) is 8.85 Å². The highest BCUT2D eigenvalue weighted by Crippen LogP contribution is 2.39. The minimum absolute atomic E-state index is 0.0605. The summed E-state index contributed by atoms with van der Waals surface area (Å²) in [5.74, 6) is 0. The van der Waals surface area contributed by atoms with Crippen LogP contribution in [0.2, 0.25) is 10.1 Å². The zero-order valence-electron chi connectivity index (χ0n) is 25.9. The van der Waals surface area contributed by atoms with Crippen LogP contribution in [0.5, 0.6) is 0 Å². The lowest BCUT2D eigenvalue weighted by Gasteiger charge is -2.46. The quantitative estimate of drug-likeness (QED) is 0.242. The van der Waals surface area contributed by atoms with Crippen LogP contribution in [0.1, 0.15) is 41.5 Å². The highest BCUT2D eigenvalue weighted by atomic mass is 28.4. The molecule has 0 aliphatic carbocycles. The maximum atomic E-state index is 12.0. The second kappa shape index (κ2) is 12.8. The molecule has 0 aliphatic heterocycles. The molecule has 0 aliphatic rings. The van der Waals surface area contributed by atoms with Crippen LogP contribution < -0.4 is 20.7 Å². The summed E-state index contributed by atoms with van der Waals surface area (Å²) in [7, 11) is -5.86. The smallest absolute Gasteiger partial charge is 0.261 e. The van der Waals surface area contributed by atoms with E-state index in [0.717, 1.165) is 20.7 Å². The first-order valence-corrected chi connectivity index (χ1v) is 18.5. The molecule has 4 aromatic rings. The van der Waals surface area contributed by atoms with Crippen LogP contribution in [0.4, 0.5) is 0 Å². The van der Waals surface area contributed by atoms with Crippen LogP contribution in [0.15, 0.2) is 121 Å². The van der Waals surface area contributed by atoms with Gasteiger partial charge in [0.1, 0.15) is 5.60 Å². The van der Waals surface area contributed by atoms with Crippen molar-refractivity contribution < 1.29 is 19.1 Å². The van der Waals surface area contributed by atoms with Crippen LogP contribution in [0.3, 0.4) is 0 Å². The topological polar surface area (TPSA) is 58.9 Å². The zero-order valence-corrected chi connectivity index (χ0v) is 27.9. The molecule has 0 atom stereocenters. The van der Waals surface area contributed by atoms with Gasteiger partial charge in [0.05, 0.1) is 19.8 Å². The van der Waals surface area contributed by atoms with Gasteiger partial charge in [0, 0.05) is 0 Å². The van der Waals surface area contributed by atoms with Crippen molar-refractivity contribution in [2.75, 3.05) is 19.8 Å². The Morgan fingerprint density at radius 3 is 0.905 bits per heavy atom. The van der Waals surface area contributed by atoms with E-state index in [-0.39, 0.29) is 23.3 Å². The average molecular weight is 599 g/mol. The molecule has 0 saturated carbocycles. The lowest BCUT2D eigenvalue weighted by atomic mass is 10.1. The standard InChI is InChI=1S/C36H46O4Si2/c1-34(2,3)41(30-19-11-7-12-20-30,31-21-13-8-14-22-31)39-28-36(38,27-37)29-40-42(35(4,5)6,32-23-15-9-16-24-32)33-25-17-10-18-26-33/h7-26,37-38H,27-29H2,1-6H3. The first kappa shape index (κ1) is 32.1. The third-order valence-electron chi connectivity index (χ3n) is 8.24. The van der Waals surface area contributed by atoms with Gasteiger partial charge >= 0.3 is 0 Å². The van der Waals surface area contributed by atoms with E-state index in [0.29, 0.717) is 0 Å². The van der Waals surface area contributed by atoms with Crippen molar-refractivity contribution in [2.24, 2.45) is 0 Å². The number of rotatable bonds is 11. The predicted molar refractivity (Wildman–Crippen MR) is 179 cm³/mol. The summed E-state index contributed by atoms with van der Waals surface area (Å²) in [6.07, 6.45) is 0. The molecule has 42 heavy (non-hydrogen) atoms. The van der Waals surface area contributed by atoms with Crippen LogP contribution in [0.25, 0.3) is 0 Å². The van der Waals surface area contributed by atoms with Crippen molar-refractivity contribution in [1.82, 2.24) is 0 Å². The molecule has 0 fully saturated rings. The number of hydrogen-bond donors (Lipinski definition) is 2. The molecule has 0 saturated heterocycles. The summed E-state index contributed by atoms with van der Waals surface area (Å²) in [6.45, 7) is 12.6. The van der Waals surface area contributed by atoms with Gasteiger partial charge in [-0.05, 0) is 30.8 Å². The van der Waals surface area contributed by atoms with Crippen molar-refractivity contribution in [3.05, 3.63) is 121 Å². The first-order chi connectivity index (χ1) is 19.9. The molecule has 4 rings (SSSR count). The van der Waals surface area contributed by atoms with E-state index >= 15 is 0 Å². The maximum Gasteiger partial charge on any atom is 0.261 e. The van der Waals surface area contributed by atoms with Crippen LogP contribution in [0, 0.1) is 0 Å². The van der Waals surface area contributed by atoms with Gasteiger partial charge in [0.2, 0.25) is 0 Å². The molecule has 0 radical (unpaired) electrons. The normalized spacial score (nSPS) is 13.2. The molecule has 0 amide bonds. The summed E-state index contributed by atoms with van der Waals surface area (Å²) in [5.41, 5.74) is -1.61. The monoisotopic (exact) mass is 598 g/mol. The molecule has 0 unspecified atom stereocenters. The van der Waals surface area contributed by atoms with E-state index < -0.39 is 28.8 Å². The van der Waals surface area contributed by atoms with E-state index in [2.05, 4.69) is 90.1 Å². The molecule has 2 N–H and O–H groups in total. The van der Waals surface area contributed by atoms with Crippen LogP contribution >= 0.6 is 0 Å². The molecular formula is C36H46O4Si2. The molecular weight excluding hydrogens is 553 g/mol. The molecule has 6 heteroatoms. The minimum atomic E-state index is -2.93. The van der Waals surface area contributed by atoms with Crippen molar-refractivity contribution >= 4 is 37.4 Å².